The summed E-state index contributed by atoms with van der Waals surface area (Å²) in [5.74, 6) is -0.654. The molecule has 0 unspecified atom stereocenters. The van der Waals surface area contributed by atoms with Crippen LogP contribution in [0.25, 0.3) is 21.0 Å². The first-order valence-corrected chi connectivity index (χ1v) is 13.0. The summed E-state index contributed by atoms with van der Waals surface area (Å²) in [6, 6.07) is 16.7. The van der Waals surface area contributed by atoms with E-state index in [1.165, 1.54) is 42.5 Å². The van der Waals surface area contributed by atoms with Crippen molar-refractivity contribution in [3.8, 4) is 27.1 Å². The van der Waals surface area contributed by atoms with Crippen LogP contribution in [-0.2, 0) is 22.6 Å². The second-order valence-electron chi connectivity index (χ2n) is 7.87. The van der Waals surface area contributed by atoms with Crippen LogP contribution in [-0.4, -0.2) is 19.2 Å². The van der Waals surface area contributed by atoms with Gasteiger partial charge in [0.2, 0.25) is 0 Å². The highest BCUT2D eigenvalue weighted by Crippen LogP contribution is 2.38. The van der Waals surface area contributed by atoms with Crippen LogP contribution < -0.4 is 5.56 Å². The third-order valence-electron chi connectivity index (χ3n) is 5.41. The van der Waals surface area contributed by atoms with Crippen molar-refractivity contribution in [2.24, 2.45) is 0 Å². The zero-order valence-corrected chi connectivity index (χ0v) is 20.1. The quantitative estimate of drug-likeness (QED) is 0.308. The summed E-state index contributed by atoms with van der Waals surface area (Å²) in [5, 5.41) is 9.33. The normalized spacial score (nSPS) is 11.9. The predicted octanol–water partition coefficient (Wildman–Crippen LogP) is 5.73. The van der Waals surface area contributed by atoms with Crippen LogP contribution >= 0.6 is 11.3 Å². The lowest BCUT2D eigenvalue weighted by atomic mass is 10.1. The SMILES string of the molecule is CS(=O)(=O)c1cccc(-c2ccc(-c3cc(C(F)(F)F)c(C#N)c(=O)n3Cc3ccccc3F)s2)c1. The van der Waals surface area contributed by atoms with E-state index in [1.54, 1.807) is 18.2 Å². The maximum absolute atomic E-state index is 14.3. The molecule has 0 saturated carbocycles. The minimum absolute atomic E-state index is 0.0575. The molecule has 184 valence electrons. The van der Waals surface area contributed by atoms with E-state index in [-0.39, 0.29) is 21.0 Å². The molecule has 0 radical (unpaired) electrons. The Morgan fingerprint density at radius 3 is 2.33 bits per heavy atom. The van der Waals surface area contributed by atoms with Gasteiger partial charge in [-0.05, 0) is 42.0 Å². The standard InChI is InChI=1S/C25H16F4N2O3S2/c1-36(33,34)17-7-4-6-15(11-17)22-9-10-23(35-22)21-12-19(25(27,28)29)18(13-30)24(32)31(21)14-16-5-2-3-8-20(16)26/h2-12H,14H2,1H3. The van der Waals surface area contributed by atoms with E-state index in [0.717, 1.165) is 28.2 Å². The second kappa shape index (κ2) is 9.37. The van der Waals surface area contributed by atoms with Crippen LogP contribution in [0, 0.1) is 17.1 Å². The Kier molecular flexibility index (Phi) is 6.60. The van der Waals surface area contributed by atoms with Crippen LogP contribution in [0.1, 0.15) is 16.7 Å². The first kappa shape index (κ1) is 25.3. The summed E-state index contributed by atoms with van der Waals surface area (Å²) < 4.78 is 80.4. The van der Waals surface area contributed by atoms with E-state index >= 15 is 0 Å². The molecule has 0 spiro atoms. The van der Waals surface area contributed by atoms with Crippen LogP contribution in [0.2, 0.25) is 0 Å². The van der Waals surface area contributed by atoms with Crippen LogP contribution in [0.15, 0.2) is 76.4 Å². The average molecular weight is 533 g/mol. The van der Waals surface area contributed by atoms with E-state index in [1.807, 2.05) is 0 Å². The van der Waals surface area contributed by atoms with Crippen molar-refractivity contribution in [3.05, 3.63) is 99.6 Å². The van der Waals surface area contributed by atoms with E-state index in [9.17, 15) is 36.0 Å². The molecular formula is C25H16F4N2O3S2. The van der Waals surface area contributed by atoms with Crippen molar-refractivity contribution in [3.63, 3.8) is 0 Å². The number of aromatic nitrogens is 1. The summed E-state index contributed by atoms with van der Waals surface area (Å²) >= 11 is 1.03. The molecule has 0 aliphatic rings. The number of alkyl halides is 3. The molecule has 0 fully saturated rings. The summed E-state index contributed by atoms with van der Waals surface area (Å²) in [6.07, 6.45) is -3.91. The van der Waals surface area contributed by atoms with Crippen molar-refractivity contribution in [2.45, 2.75) is 17.6 Å². The van der Waals surface area contributed by atoms with E-state index < -0.39 is 45.1 Å². The number of thiophene rings is 1. The highest BCUT2D eigenvalue weighted by molar-refractivity contribution is 7.90. The molecule has 4 rings (SSSR count). The number of pyridine rings is 1. The van der Waals surface area contributed by atoms with Crippen molar-refractivity contribution in [1.82, 2.24) is 4.57 Å². The molecule has 5 nitrogen and oxygen atoms in total. The Bertz CT molecular complexity index is 1680. The van der Waals surface area contributed by atoms with Gasteiger partial charge >= 0.3 is 6.18 Å². The highest BCUT2D eigenvalue weighted by atomic mass is 32.2. The number of nitrogens with zero attached hydrogens (tertiary/aromatic N) is 2. The molecule has 0 saturated heterocycles. The smallest absolute Gasteiger partial charge is 0.302 e. The third kappa shape index (κ3) is 4.96. The minimum Gasteiger partial charge on any atom is -0.302 e. The van der Waals surface area contributed by atoms with Gasteiger partial charge in [-0.15, -0.1) is 11.3 Å². The maximum Gasteiger partial charge on any atom is 0.417 e. The van der Waals surface area contributed by atoms with E-state index in [4.69, 9.17) is 0 Å². The van der Waals surface area contributed by atoms with E-state index in [0.29, 0.717) is 16.5 Å². The summed E-state index contributed by atoms with van der Waals surface area (Å²) in [4.78, 5) is 13.9. The van der Waals surface area contributed by atoms with Gasteiger partial charge in [-0.25, -0.2) is 12.8 Å². The number of hydrogen-bond acceptors (Lipinski definition) is 5. The number of benzene rings is 2. The first-order valence-electron chi connectivity index (χ1n) is 10.3. The monoisotopic (exact) mass is 532 g/mol. The molecule has 0 N–H and O–H groups in total. The largest absolute Gasteiger partial charge is 0.417 e. The number of nitriles is 1. The summed E-state index contributed by atoms with van der Waals surface area (Å²) in [5.41, 5.74) is -3.24. The summed E-state index contributed by atoms with van der Waals surface area (Å²) in [7, 11) is -3.49. The molecular weight excluding hydrogens is 516 g/mol. The average Bonchev–Trinajstić information content (AvgIpc) is 3.30. The van der Waals surface area contributed by atoms with Crippen LogP contribution in [0.3, 0.4) is 0 Å². The van der Waals surface area contributed by atoms with Crippen molar-refractivity contribution >= 4 is 21.2 Å². The lowest BCUT2D eigenvalue weighted by Gasteiger charge is -2.17. The molecule has 11 heteroatoms. The number of halogens is 4. The van der Waals surface area contributed by atoms with Crippen LogP contribution in [0.5, 0.6) is 0 Å². The molecule has 0 bridgehead atoms. The topological polar surface area (TPSA) is 79.9 Å². The van der Waals surface area contributed by atoms with Crippen molar-refractivity contribution in [1.29, 1.82) is 5.26 Å². The van der Waals surface area contributed by atoms with Gasteiger partial charge in [-0.1, -0.05) is 30.3 Å². The maximum atomic E-state index is 14.3. The lowest BCUT2D eigenvalue weighted by Crippen LogP contribution is -2.28. The van der Waals surface area contributed by atoms with Crippen molar-refractivity contribution in [2.75, 3.05) is 6.26 Å². The number of sulfone groups is 1. The predicted molar refractivity (Wildman–Crippen MR) is 128 cm³/mol. The van der Waals surface area contributed by atoms with Gasteiger partial charge in [0, 0.05) is 16.7 Å². The van der Waals surface area contributed by atoms with Gasteiger partial charge in [0.1, 0.15) is 17.4 Å². The fourth-order valence-electron chi connectivity index (χ4n) is 3.65. The molecule has 2 aromatic carbocycles. The Labute approximate surface area is 207 Å². The van der Waals surface area contributed by atoms with E-state index in [2.05, 4.69) is 0 Å². The van der Waals surface area contributed by atoms with Gasteiger partial charge in [0.25, 0.3) is 5.56 Å². The molecule has 0 amide bonds. The number of hydrogen-bond donors (Lipinski definition) is 0. The Hall–Kier alpha value is -3.75. The second-order valence-corrected chi connectivity index (χ2v) is 11.0. The van der Waals surface area contributed by atoms with Gasteiger partial charge in [0.15, 0.2) is 9.84 Å². The molecule has 36 heavy (non-hydrogen) atoms. The number of rotatable bonds is 5. The molecule has 0 atom stereocenters. The zero-order valence-electron chi connectivity index (χ0n) is 18.5. The molecule has 2 aromatic heterocycles. The van der Waals surface area contributed by atoms with Crippen molar-refractivity contribution < 1.29 is 26.0 Å². The molecule has 0 aliphatic carbocycles. The Morgan fingerprint density at radius 1 is 1.00 bits per heavy atom. The third-order valence-corrected chi connectivity index (χ3v) is 7.68. The van der Waals surface area contributed by atoms with Gasteiger partial charge in [0.05, 0.1) is 27.6 Å². The lowest BCUT2D eigenvalue weighted by molar-refractivity contribution is -0.137. The highest BCUT2D eigenvalue weighted by Gasteiger charge is 2.36. The van der Waals surface area contributed by atoms with Gasteiger partial charge < -0.3 is 4.57 Å². The fraction of sp³-hybridized carbons (Fsp3) is 0.120. The molecule has 0 aliphatic heterocycles. The van der Waals surface area contributed by atoms with Gasteiger partial charge in [-0.3, -0.25) is 4.79 Å². The summed E-state index contributed by atoms with van der Waals surface area (Å²) in [6.45, 7) is -0.398. The van der Waals surface area contributed by atoms with Crippen LogP contribution in [0.4, 0.5) is 17.6 Å². The molecule has 2 heterocycles. The zero-order chi connectivity index (χ0) is 26.3. The Balaban J connectivity index is 1.93. The Morgan fingerprint density at radius 2 is 1.69 bits per heavy atom. The van der Waals surface area contributed by atoms with Gasteiger partial charge in [-0.2, -0.15) is 18.4 Å². The minimum atomic E-state index is -4.97. The first-order chi connectivity index (χ1) is 16.9. The molecule has 4 aromatic rings. The fourth-order valence-corrected chi connectivity index (χ4v) is 5.34.